The van der Waals surface area contributed by atoms with Crippen LogP contribution < -0.4 is 26.4 Å². The number of hydrogen-bond acceptors (Lipinski definition) is 7. The Hall–Kier alpha value is -3.46. The van der Waals surface area contributed by atoms with Gasteiger partial charge in [-0.05, 0) is 55.9 Å². The first-order valence-corrected chi connectivity index (χ1v) is 10.5. The summed E-state index contributed by atoms with van der Waals surface area (Å²) in [6.45, 7) is 6.36. The second kappa shape index (κ2) is 11.1. The highest BCUT2D eigenvalue weighted by Crippen LogP contribution is 2.28. The molecule has 1 aliphatic rings. The highest BCUT2D eigenvalue weighted by molar-refractivity contribution is 7.80. The lowest BCUT2D eigenvalue weighted by Crippen LogP contribution is -2.28. The molecular weight excluding hydrogens is 410 g/mol. The maximum Gasteiger partial charge on any atom is 0.177 e. The van der Waals surface area contributed by atoms with Gasteiger partial charge in [-0.2, -0.15) is 0 Å². The van der Waals surface area contributed by atoms with Crippen molar-refractivity contribution in [3.05, 3.63) is 53.7 Å². The van der Waals surface area contributed by atoms with Gasteiger partial charge in [0.25, 0.3) is 0 Å². The van der Waals surface area contributed by atoms with E-state index in [2.05, 4.69) is 30.9 Å². The molecule has 8 nitrogen and oxygen atoms in total. The Bertz CT molecular complexity index is 1020. The van der Waals surface area contributed by atoms with E-state index in [0.29, 0.717) is 36.4 Å². The SMILES string of the molecule is CCNC(=S)Nc1ccc2c(n1)N=C(C(C=NCc1cccc(OCC)c1)=CN)CN2. The highest BCUT2D eigenvalue weighted by Gasteiger charge is 2.15. The number of pyridine rings is 1. The Morgan fingerprint density at radius 2 is 2.19 bits per heavy atom. The number of anilines is 2. The van der Waals surface area contributed by atoms with Crippen LogP contribution in [0.3, 0.4) is 0 Å². The number of nitrogens with two attached hydrogens (primary N) is 1. The van der Waals surface area contributed by atoms with Gasteiger partial charge in [0.2, 0.25) is 0 Å². The maximum absolute atomic E-state index is 5.86. The standard InChI is InChI=1S/C22H27N7OS/c1-3-25-22(31)29-20-9-8-18-21(28-20)27-19(14-26-18)16(11-23)13-24-12-15-6-5-7-17(10-15)30-4-2/h5-11,13,26H,3-4,12,14,23H2,1-2H3,(H2,25,28,29,31). The fourth-order valence-electron chi connectivity index (χ4n) is 2.94. The third kappa shape index (κ3) is 6.26. The number of nitrogens with one attached hydrogen (secondary N) is 3. The summed E-state index contributed by atoms with van der Waals surface area (Å²) >= 11 is 5.22. The van der Waals surface area contributed by atoms with E-state index >= 15 is 0 Å². The number of fused-ring (bicyclic) bond motifs is 1. The first-order chi connectivity index (χ1) is 15.1. The normalized spacial score (nSPS) is 13.2. The van der Waals surface area contributed by atoms with Crippen molar-refractivity contribution in [3.63, 3.8) is 0 Å². The van der Waals surface area contributed by atoms with Gasteiger partial charge < -0.3 is 26.4 Å². The molecule has 0 fully saturated rings. The third-order valence-electron chi connectivity index (χ3n) is 4.37. The lowest BCUT2D eigenvalue weighted by molar-refractivity contribution is 0.340. The summed E-state index contributed by atoms with van der Waals surface area (Å²) in [5.74, 6) is 2.03. The number of ether oxygens (including phenoxy) is 1. The van der Waals surface area contributed by atoms with Crippen LogP contribution in [0.4, 0.5) is 17.3 Å². The monoisotopic (exact) mass is 437 g/mol. The van der Waals surface area contributed by atoms with Gasteiger partial charge in [-0.3, -0.25) is 4.99 Å². The number of nitrogens with zero attached hydrogens (tertiary/aromatic N) is 3. The number of aromatic nitrogens is 1. The molecule has 0 bridgehead atoms. The van der Waals surface area contributed by atoms with Gasteiger partial charge in [0.1, 0.15) is 11.6 Å². The Morgan fingerprint density at radius 1 is 1.32 bits per heavy atom. The zero-order valence-corrected chi connectivity index (χ0v) is 18.5. The minimum Gasteiger partial charge on any atom is -0.494 e. The molecule has 9 heteroatoms. The van der Waals surface area contributed by atoms with Gasteiger partial charge in [-0.15, -0.1) is 0 Å². The first kappa shape index (κ1) is 22.2. The van der Waals surface area contributed by atoms with Crippen molar-refractivity contribution in [2.75, 3.05) is 30.3 Å². The Labute approximate surface area is 187 Å². The van der Waals surface area contributed by atoms with Crippen LogP contribution in [0, 0.1) is 0 Å². The molecule has 0 saturated carbocycles. The fourth-order valence-corrected chi connectivity index (χ4v) is 3.19. The summed E-state index contributed by atoms with van der Waals surface area (Å²) in [7, 11) is 0. The van der Waals surface area contributed by atoms with E-state index in [1.807, 2.05) is 50.2 Å². The molecule has 5 N–H and O–H groups in total. The molecule has 0 radical (unpaired) electrons. The first-order valence-electron chi connectivity index (χ1n) is 10.1. The van der Waals surface area contributed by atoms with Crippen molar-refractivity contribution in [3.8, 4) is 5.75 Å². The van der Waals surface area contributed by atoms with Crippen LogP contribution in [0.1, 0.15) is 19.4 Å². The summed E-state index contributed by atoms with van der Waals surface area (Å²) in [5, 5.41) is 9.93. The second-order valence-corrected chi connectivity index (χ2v) is 7.04. The van der Waals surface area contributed by atoms with E-state index in [4.69, 9.17) is 22.7 Å². The molecule has 3 rings (SSSR count). The van der Waals surface area contributed by atoms with Crippen LogP contribution in [-0.2, 0) is 6.54 Å². The number of aliphatic imine (C=N–C) groups is 2. The molecular formula is C22H27N7OS. The molecule has 31 heavy (non-hydrogen) atoms. The van der Waals surface area contributed by atoms with Gasteiger partial charge in [0, 0.05) is 24.5 Å². The molecule has 2 aromatic rings. The molecule has 0 amide bonds. The number of thiocarbonyl (C=S) groups is 1. The maximum atomic E-state index is 5.86. The van der Waals surface area contributed by atoms with Crippen LogP contribution in [0.15, 0.2) is 58.2 Å². The van der Waals surface area contributed by atoms with E-state index in [-0.39, 0.29) is 0 Å². The number of benzene rings is 1. The van der Waals surface area contributed by atoms with E-state index in [0.717, 1.165) is 34.8 Å². The molecule has 1 aromatic carbocycles. The van der Waals surface area contributed by atoms with Crippen LogP contribution in [0.25, 0.3) is 0 Å². The Balaban J connectivity index is 1.71. The summed E-state index contributed by atoms with van der Waals surface area (Å²) in [5.41, 5.74) is 9.27. The van der Waals surface area contributed by atoms with Crippen LogP contribution in [-0.4, -0.2) is 41.7 Å². The van der Waals surface area contributed by atoms with Crippen molar-refractivity contribution in [1.29, 1.82) is 0 Å². The van der Waals surface area contributed by atoms with E-state index in [1.165, 1.54) is 6.20 Å². The molecule has 0 aliphatic carbocycles. The minimum atomic E-state index is 0.518. The molecule has 1 aliphatic heterocycles. The van der Waals surface area contributed by atoms with Crippen molar-refractivity contribution in [2.45, 2.75) is 20.4 Å². The van der Waals surface area contributed by atoms with Gasteiger partial charge in [-0.25, -0.2) is 9.98 Å². The largest absolute Gasteiger partial charge is 0.494 e. The van der Waals surface area contributed by atoms with Gasteiger partial charge in [0.15, 0.2) is 10.9 Å². The quantitative estimate of drug-likeness (QED) is 0.370. The Morgan fingerprint density at radius 3 is 2.97 bits per heavy atom. The van der Waals surface area contributed by atoms with Gasteiger partial charge in [-0.1, -0.05) is 12.1 Å². The number of hydrogen-bond donors (Lipinski definition) is 4. The Kier molecular flexibility index (Phi) is 7.94. The molecule has 2 heterocycles. The molecule has 0 atom stereocenters. The minimum absolute atomic E-state index is 0.518. The van der Waals surface area contributed by atoms with Crippen molar-refractivity contribution < 1.29 is 4.74 Å². The average Bonchev–Trinajstić information content (AvgIpc) is 2.77. The smallest absolute Gasteiger partial charge is 0.177 e. The van der Waals surface area contributed by atoms with Crippen LogP contribution in [0.2, 0.25) is 0 Å². The van der Waals surface area contributed by atoms with E-state index in [9.17, 15) is 0 Å². The van der Waals surface area contributed by atoms with Gasteiger partial charge in [0.05, 0.1) is 31.1 Å². The predicted octanol–water partition coefficient (Wildman–Crippen LogP) is 3.40. The predicted molar refractivity (Wildman–Crippen MR) is 132 cm³/mol. The highest BCUT2D eigenvalue weighted by atomic mass is 32.1. The van der Waals surface area contributed by atoms with Crippen molar-refractivity contribution in [2.24, 2.45) is 15.7 Å². The van der Waals surface area contributed by atoms with Crippen LogP contribution >= 0.6 is 12.2 Å². The van der Waals surface area contributed by atoms with E-state index < -0.39 is 0 Å². The van der Waals surface area contributed by atoms with Crippen LogP contribution in [0.5, 0.6) is 5.75 Å². The summed E-state index contributed by atoms with van der Waals surface area (Å²) in [6.07, 6.45) is 3.25. The lowest BCUT2D eigenvalue weighted by atomic mass is 10.1. The topological polar surface area (TPSA) is 109 Å². The molecule has 162 valence electrons. The third-order valence-corrected chi connectivity index (χ3v) is 4.61. The summed E-state index contributed by atoms with van der Waals surface area (Å²) in [6, 6.07) is 11.7. The zero-order chi connectivity index (χ0) is 22.1. The average molecular weight is 438 g/mol. The van der Waals surface area contributed by atoms with E-state index in [1.54, 1.807) is 6.21 Å². The fraction of sp³-hybridized carbons (Fsp3) is 0.273. The molecule has 0 spiro atoms. The molecule has 0 saturated heterocycles. The lowest BCUT2D eigenvalue weighted by Gasteiger charge is -2.18. The van der Waals surface area contributed by atoms with Crippen molar-refractivity contribution >= 4 is 46.6 Å². The molecule has 0 unspecified atom stereocenters. The summed E-state index contributed by atoms with van der Waals surface area (Å²) < 4.78 is 5.54. The molecule has 1 aromatic heterocycles. The van der Waals surface area contributed by atoms with Gasteiger partial charge >= 0.3 is 0 Å². The second-order valence-electron chi connectivity index (χ2n) is 6.64. The van der Waals surface area contributed by atoms with Crippen molar-refractivity contribution in [1.82, 2.24) is 10.3 Å². The summed E-state index contributed by atoms with van der Waals surface area (Å²) in [4.78, 5) is 13.7. The zero-order valence-electron chi connectivity index (χ0n) is 17.7. The number of rotatable bonds is 8.